The summed E-state index contributed by atoms with van der Waals surface area (Å²) in [5.41, 5.74) is 0.733. The van der Waals surface area contributed by atoms with Crippen LogP contribution >= 0.6 is 23.4 Å². The van der Waals surface area contributed by atoms with Crippen molar-refractivity contribution >= 4 is 55.9 Å². The van der Waals surface area contributed by atoms with Gasteiger partial charge < -0.3 is 5.32 Å². The normalized spacial score (nSPS) is 11.8. The smallest absolute Gasteiger partial charge is 0.262 e. The molecule has 3 N–H and O–H groups in total. The molecule has 32 heavy (non-hydrogen) atoms. The molecule has 0 spiro atoms. The van der Waals surface area contributed by atoms with Crippen molar-refractivity contribution in [3.8, 4) is 0 Å². The third kappa shape index (κ3) is 6.10. The van der Waals surface area contributed by atoms with Crippen LogP contribution in [0.4, 0.5) is 5.69 Å². The molecule has 3 rings (SSSR count). The Morgan fingerprint density at radius 2 is 1.91 bits per heavy atom. The highest BCUT2D eigenvalue weighted by Crippen LogP contribution is 2.22. The number of amides is 1. The van der Waals surface area contributed by atoms with Gasteiger partial charge in [0.2, 0.25) is 15.9 Å². The van der Waals surface area contributed by atoms with Gasteiger partial charge >= 0.3 is 0 Å². The van der Waals surface area contributed by atoms with E-state index in [1.807, 2.05) is 0 Å². The highest BCUT2D eigenvalue weighted by molar-refractivity contribution is 7.99. The summed E-state index contributed by atoms with van der Waals surface area (Å²) in [5.74, 6) is 0.0791. The second kappa shape index (κ2) is 10.0. The van der Waals surface area contributed by atoms with Crippen LogP contribution in [0.2, 0.25) is 5.02 Å². The molecule has 0 aliphatic rings. The quantitative estimate of drug-likeness (QED) is 0.365. The maximum atomic E-state index is 13.0. The van der Waals surface area contributed by atoms with Crippen molar-refractivity contribution in [1.82, 2.24) is 9.55 Å². The van der Waals surface area contributed by atoms with Crippen LogP contribution < -0.4 is 16.0 Å². The zero-order valence-electron chi connectivity index (χ0n) is 17.5. The SMILES string of the molecule is CC(C)CCn1c(SCC(=O)Nc2ccc(S(N)(=O)=O)cc2)nc2cc(Cl)ccc2c1=O. The van der Waals surface area contributed by atoms with E-state index in [0.717, 1.165) is 18.2 Å². The van der Waals surface area contributed by atoms with Crippen LogP contribution in [0, 0.1) is 5.92 Å². The van der Waals surface area contributed by atoms with E-state index in [1.165, 1.54) is 24.3 Å². The Morgan fingerprint density at radius 1 is 1.22 bits per heavy atom. The van der Waals surface area contributed by atoms with E-state index in [0.29, 0.717) is 39.2 Å². The Labute approximate surface area is 195 Å². The highest BCUT2D eigenvalue weighted by atomic mass is 35.5. The van der Waals surface area contributed by atoms with Crippen molar-refractivity contribution in [1.29, 1.82) is 0 Å². The number of nitrogens with zero attached hydrogens (tertiary/aromatic N) is 2. The molecule has 0 aliphatic heterocycles. The van der Waals surface area contributed by atoms with E-state index in [-0.39, 0.29) is 22.1 Å². The first kappa shape index (κ1) is 24.2. The van der Waals surface area contributed by atoms with E-state index in [4.69, 9.17) is 16.7 Å². The molecule has 0 radical (unpaired) electrons. The predicted octanol–water partition coefficient (Wildman–Crippen LogP) is 3.47. The van der Waals surface area contributed by atoms with Gasteiger partial charge in [-0.05, 0) is 54.8 Å². The number of primary sulfonamides is 1. The minimum atomic E-state index is -3.80. The lowest BCUT2D eigenvalue weighted by Gasteiger charge is -2.14. The van der Waals surface area contributed by atoms with Crippen molar-refractivity contribution in [3.05, 3.63) is 57.8 Å². The molecule has 0 unspecified atom stereocenters. The van der Waals surface area contributed by atoms with Crippen LogP contribution in [0.15, 0.2) is 57.3 Å². The van der Waals surface area contributed by atoms with Gasteiger partial charge in [-0.25, -0.2) is 18.5 Å². The summed E-state index contributed by atoms with van der Waals surface area (Å²) < 4.78 is 24.3. The molecule has 1 aromatic heterocycles. The van der Waals surface area contributed by atoms with Crippen LogP contribution in [-0.2, 0) is 21.4 Å². The van der Waals surface area contributed by atoms with Gasteiger partial charge in [-0.1, -0.05) is 37.2 Å². The van der Waals surface area contributed by atoms with Gasteiger partial charge in [-0.2, -0.15) is 0 Å². The van der Waals surface area contributed by atoms with Crippen LogP contribution in [-0.4, -0.2) is 29.6 Å². The number of benzene rings is 2. The second-order valence-corrected chi connectivity index (χ2v) is 10.5. The molecule has 0 atom stereocenters. The minimum Gasteiger partial charge on any atom is -0.325 e. The fourth-order valence-electron chi connectivity index (χ4n) is 2.92. The zero-order valence-corrected chi connectivity index (χ0v) is 19.9. The van der Waals surface area contributed by atoms with E-state index in [1.54, 1.807) is 22.8 Å². The number of thioether (sulfide) groups is 1. The predicted molar refractivity (Wildman–Crippen MR) is 128 cm³/mol. The average molecular weight is 495 g/mol. The first-order chi connectivity index (χ1) is 15.0. The molecule has 0 aliphatic carbocycles. The summed E-state index contributed by atoms with van der Waals surface area (Å²) in [7, 11) is -3.80. The largest absolute Gasteiger partial charge is 0.325 e. The Morgan fingerprint density at radius 3 is 2.53 bits per heavy atom. The van der Waals surface area contributed by atoms with Crippen LogP contribution in [0.5, 0.6) is 0 Å². The van der Waals surface area contributed by atoms with Crippen LogP contribution in [0.3, 0.4) is 0 Å². The number of hydrogen-bond acceptors (Lipinski definition) is 6. The molecule has 0 fully saturated rings. The molecule has 11 heteroatoms. The van der Waals surface area contributed by atoms with Crippen molar-refractivity contribution < 1.29 is 13.2 Å². The summed E-state index contributed by atoms with van der Waals surface area (Å²) in [6, 6.07) is 10.5. The van der Waals surface area contributed by atoms with Crippen LogP contribution in [0.1, 0.15) is 20.3 Å². The molecule has 0 saturated heterocycles. The maximum absolute atomic E-state index is 13.0. The standard InChI is InChI=1S/C21H23ClN4O4S2/c1-13(2)9-10-26-20(28)17-8-3-14(22)11-18(17)25-21(26)31-12-19(27)24-15-4-6-16(7-5-15)32(23,29)30/h3-8,11,13H,9-10,12H2,1-2H3,(H,24,27)(H2,23,29,30). The number of nitrogens with one attached hydrogen (secondary N) is 1. The first-order valence-electron chi connectivity index (χ1n) is 9.80. The van der Waals surface area contributed by atoms with Gasteiger partial charge in [0, 0.05) is 17.3 Å². The lowest BCUT2D eigenvalue weighted by Crippen LogP contribution is -2.25. The maximum Gasteiger partial charge on any atom is 0.262 e. The Bertz CT molecular complexity index is 1310. The second-order valence-electron chi connectivity index (χ2n) is 7.60. The van der Waals surface area contributed by atoms with E-state index in [9.17, 15) is 18.0 Å². The number of nitrogens with two attached hydrogens (primary N) is 1. The zero-order chi connectivity index (χ0) is 23.5. The van der Waals surface area contributed by atoms with Crippen molar-refractivity contribution in [2.75, 3.05) is 11.1 Å². The minimum absolute atomic E-state index is 0.0110. The summed E-state index contributed by atoms with van der Waals surface area (Å²) in [4.78, 5) is 30.0. The number of carbonyl (C=O) groups is 1. The third-order valence-corrected chi connectivity index (χ3v) is 6.75. The summed E-state index contributed by atoms with van der Waals surface area (Å²) >= 11 is 7.21. The number of carbonyl (C=O) groups excluding carboxylic acids is 1. The summed E-state index contributed by atoms with van der Waals surface area (Å²) in [6.07, 6.45) is 0.789. The summed E-state index contributed by atoms with van der Waals surface area (Å²) in [6.45, 7) is 4.63. The van der Waals surface area contributed by atoms with Crippen molar-refractivity contribution in [3.63, 3.8) is 0 Å². The highest BCUT2D eigenvalue weighted by Gasteiger charge is 2.15. The molecule has 170 valence electrons. The van der Waals surface area contributed by atoms with E-state index in [2.05, 4.69) is 24.1 Å². The molecular formula is C21H23ClN4O4S2. The number of rotatable bonds is 8. The van der Waals surface area contributed by atoms with Crippen LogP contribution in [0.25, 0.3) is 10.9 Å². The molecule has 1 amide bonds. The van der Waals surface area contributed by atoms with Crippen molar-refractivity contribution in [2.24, 2.45) is 11.1 Å². The Hall–Kier alpha value is -2.40. The number of anilines is 1. The van der Waals surface area contributed by atoms with Crippen molar-refractivity contribution in [2.45, 2.75) is 36.9 Å². The summed E-state index contributed by atoms with van der Waals surface area (Å²) in [5, 5.41) is 9.15. The molecule has 0 bridgehead atoms. The molecular weight excluding hydrogens is 472 g/mol. The first-order valence-corrected chi connectivity index (χ1v) is 12.7. The fourth-order valence-corrected chi connectivity index (χ4v) is 4.43. The lowest BCUT2D eigenvalue weighted by atomic mass is 10.1. The molecule has 1 heterocycles. The average Bonchev–Trinajstić information content (AvgIpc) is 2.71. The fraction of sp³-hybridized carbons (Fsp3) is 0.286. The van der Waals surface area contributed by atoms with Gasteiger partial charge in [-0.15, -0.1) is 0 Å². The van der Waals surface area contributed by atoms with Gasteiger partial charge in [0.15, 0.2) is 5.16 Å². The number of fused-ring (bicyclic) bond motifs is 1. The molecule has 0 saturated carbocycles. The van der Waals surface area contributed by atoms with Gasteiger partial charge in [-0.3, -0.25) is 14.2 Å². The van der Waals surface area contributed by atoms with Gasteiger partial charge in [0.25, 0.3) is 5.56 Å². The Kier molecular flexibility index (Phi) is 7.60. The monoisotopic (exact) mass is 494 g/mol. The topological polar surface area (TPSA) is 124 Å². The molecule has 2 aromatic carbocycles. The number of sulfonamides is 1. The molecule has 8 nitrogen and oxygen atoms in total. The number of aromatic nitrogens is 2. The van der Waals surface area contributed by atoms with Gasteiger partial charge in [0.1, 0.15) is 0 Å². The lowest BCUT2D eigenvalue weighted by molar-refractivity contribution is -0.113. The third-order valence-electron chi connectivity index (χ3n) is 4.61. The Balaban J connectivity index is 1.80. The van der Waals surface area contributed by atoms with Gasteiger partial charge in [0.05, 0.1) is 21.6 Å². The number of halogens is 1. The number of hydrogen-bond donors (Lipinski definition) is 2. The van der Waals surface area contributed by atoms with E-state index >= 15 is 0 Å². The molecule has 3 aromatic rings. The van der Waals surface area contributed by atoms with E-state index < -0.39 is 10.0 Å².